The molecule has 3 nitrogen and oxygen atoms in total. The van der Waals surface area contributed by atoms with Crippen molar-refractivity contribution in [2.24, 2.45) is 5.41 Å². The van der Waals surface area contributed by atoms with E-state index in [-0.39, 0.29) is 11.2 Å². The van der Waals surface area contributed by atoms with Crippen molar-refractivity contribution in [1.29, 1.82) is 0 Å². The van der Waals surface area contributed by atoms with Gasteiger partial charge in [-0.15, -0.1) is 0 Å². The van der Waals surface area contributed by atoms with Gasteiger partial charge in [0, 0.05) is 6.42 Å². The van der Waals surface area contributed by atoms with Crippen LogP contribution in [0.15, 0.2) is 17.1 Å². The molecule has 0 radical (unpaired) electrons. The van der Waals surface area contributed by atoms with Crippen LogP contribution in [0.1, 0.15) is 37.7 Å². The maximum absolute atomic E-state index is 11.4. The summed E-state index contributed by atoms with van der Waals surface area (Å²) >= 11 is 0. The Balaban J connectivity index is 2.63. The molecule has 0 saturated carbocycles. The lowest BCUT2D eigenvalue weighted by molar-refractivity contribution is 0.0935. The van der Waals surface area contributed by atoms with E-state index in [1.165, 1.54) is 12.7 Å². The van der Waals surface area contributed by atoms with Gasteiger partial charge in [0.15, 0.2) is 12.2 Å². The first kappa shape index (κ1) is 8.97. The summed E-state index contributed by atoms with van der Waals surface area (Å²) in [5, 5.41) is 0. The third-order valence-electron chi connectivity index (χ3n) is 1.41. The Morgan fingerprint density at radius 2 is 2.25 bits per heavy atom. The predicted molar refractivity (Wildman–Crippen MR) is 44.9 cm³/mol. The number of ketones is 1. The van der Waals surface area contributed by atoms with Crippen LogP contribution < -0.4 is 0 Å². The monoisotopic (exact) mass is 167 g/mol. The van der Waals surface area contributed by atoms with Crippen LogP contribution in [0.4, 0.5) is 0 Å². The van der Waals surface area contributed by atoms with Crippen molar-refractivity contribution in [1.82, 2.24) is 4.98 Å². The molecule has 12 heavy (non-hydrogen) atoms. The van der Waals surface area contributed by atoms with Crippen molar-refractivity contribution in [3.8, 4) is 0 Å². The summed E-state index contributed by atoms with van der Waals surface area (Å²) in [7, 11) is 0. The molecule has 1 heterocycles. The normalized spacial score (nSPS) is 11.6. The average Bonchev–Trinajstić information content (AvgIpc) is 2.32. The fraction of sp³-hybridized carbons (Fsp3) is 0.556. The van der Waals surface area contributed by atoms with Crippen LogP contribution >= 0.6 is 0 Å². The Hall–Kier alpha value is -1.12. The minimum atomic E-state index is 0.00995. The Kier molecular flexibility index (Phi) is 2.31. The Morgan fingerprint density at radius 3 is 2.67 bits per heavy atom. The summed E-state index contributed by atoms with van der Waals surface area (Å²) in [6.07, 6.45) is 3.16. The number of hydrogen-bond donors (Lipinski definition) is 0. The van der Waals surface area contributed by atoms with Crippen LogP contribution in [-0.4, -0.2) is 10.8 Å². The molecule has 0 spiro atoms. The summed E-state index contributed by atoms with van der Waals surface area (Å²) in [6, 6.07) is 0. The summed E-state index contributed by atoms with van der Waals surface area (Å²) in [5.74, 6) is 0.0382. The number of Topliss-reactive ketones (excluding diaryl/α,β-unsaturated/α-hetero) is 1. The highest BCUT2D eigenvalue weighted by atomic mass is 16.3. The molecular weight excluding hydrogens is 154 g/mol. The van der Waals surface area contributed by atoms with Gasteiger partial charge < -0.3 is 4.42 Å². The minimum absolute atomic E-state index is 0.00995. The molecule has 1 rings (SSSR count). The number of oxazole rings is 1. The smallest absolute Gasteiger partial charge is 0.185 e. The summed E-state index contributed by atoms with van der Waals surface area (Å²) < 4.78 is 4.72. The van der Waals surface area contributed by atoms with Crippen LogP contribution in [-0.2, 0) is 0 Å². The number of aromatic nitrogens is 1. The van der Waals surface area contributed by atoms with Crippen molar-refractivity contribution < 1.29 is 9.21 Å². The zero-order valence-electron chi connectivity index (χ0n) is 7.63. The third-order valence-corrected chi connectivity index (χ3v) is 1.41. The molecule has 0 fully saturated rings. The van der Waals surface area contributed by atoms with Crippen molar-refractivity contribution in [2.75, 3.05) is 0 Å². The van der Waals surface area contributed by atoms with E-state index in [0.29, 0.717) is 12.1 Å². The lowest BCUT2D eigenvalue weighted by Gasteiger charge is -2.15. The van der Waals surface area contributed by atoms with Gasteiger partial charge in [-0.2, -0.15) is 0 Å². The Labute approximate surface area is 71.8 Å². The summed E-state index contributed by atoms with van der Waals surface area (Å²) in [6.45, 7) is 6.06. The molecule has 0 atom stereocenters. The molecule has 0 bridgehead atoms. The standard InChI is InChI=1S/C9H13NO2/c1-9(2,3)4-8(11)7-5-12-6-10-7/h5-6H,4H2,1-3H3. The lowest BCUT2D eigenvalue weighted by Crippen LogP contribution is -2.13. The van der Waals surface area contributed by atoms with Gasteiger partial charge >= 0.3 is 0 Å². The minimum Gasteiger partial charge on any atom is -0.451 e. The molecule has 3 heteroatoms. The molecule has 1 aromatic heterocycles. The van der Waals surface area contributed by atoms with E-state index in [1.807, 2.05) is 20.8 Å². The van der Waals surface area contributed by atoms with E-state index in [0.717, 1.165) is 0 Å². The SMILES string of the molecule is CC(C)(C)CC(=O)c1cocn1. The van der Waals surface area contributed by atoms with Crippen LogP contribution in [0, 0.1) is 5.41 Å². The molecular formula is C9H13NO2. The van der Waals surface area contributed by atoms with Crippen molar-refractivity contribution in [2.45, 2.75) is 27.2 Å². The van der Waals surface area contributed by atoms with Gasteiger partial charge in [-0.3, -0.25) is 4.79 Å². The topological polar surface area (TPSA) is 43.1 Å². The van der Waals surface area contributed by atoms with Crippen molar-refractivity contribution >= 4 is 5.78 Å². The molecule has 0 aromatic carbocycles. The molecule has 0 amide bonds. The Bertz CT molecular complexity index is 257. The van der Waals surface area contributed by atoms with Crippen molar-refractivity contribution in [3.05, 3.63) is 18.4 Å². The number of rotatable bonds is 2. The second-order valence-corrected chi connectivity index (χ2v) is 4.03. The average molecular weight is 167 g/mol. The van der Waals surface area contributed by atoms with E-state index in [1.54, 1.807) is 0 Å². The van der Waals surface area contributed by atoms with Gasteiger partial charge in [0.1, 0.15) is 12.0 Å². The Morgan fingerprint density at radius 1 is 1.58 bits per heavy atom. The van der Waals surface area contributed by atoms with Crippen LogP contribution in [0.2, 0.25) is 0 Å². The first-order chi connectivity index (χ1) is 5.49. The molecule has 0 aliphatic rings. The van der Waals surface area contributed by atoms with Gasteiger partial charge in [0.2, 0.25) is 0 Å². The predicted octanol–water partition coefficient (Wildman–Crippen LogP) is 2.29. The van der Waals surface area contributed by atoms with Crippen LogP contribution in [0.3, 0.4) is 0 Å². The first-order valence-electron chi connectivity index (χ1n) is 3.90. The van der Waals surface area contributed by atoms with Gasteiger partial charge in [0.05, 0.1) is 0 Å². The number of carbonyl (C=O) groups is 1. The van der Waals surface area contributed by atoms with E-state index < -0.39 is 0 Å². The van der Waals surface area contributed by atoms with Crippen LogP contribution in [0.25, 0.3) is 0 Å². The number of hydrogen-bond acceptors (Lipinski definition) is 3. The van der Waals surface area contributed by atoms with Crippen LogP contribution in [0.5, 0.6) is 0 Å². The highest BCUT2D eigenvalue weighted by Crippen LogP contribution is 2.20. The second-order valence-electron chi connectivity index (χ2n) is 4.03. The molecule has 0 N–H and O–H groups in total. The van der Waals surface area contributed by atoms with E-state index in [2.05, 4.69) is 4.98 Å². The quantitative estimate of drug-likeness (QED) is 0.635. The molecule has 0 aliphatic carbocycles. The second kappa shape index (κ2) is 3.09. The maximum atomic E-state index is 11.4. The van der Waals surface area contributed by atoms with Crippen molar-refractivity contribution in [3.63, 3.8) is 0 Å². The molecule has 1 aromatic rings. The van der Waals surface area contributed by atoms with Gasteiger partial charge in [-0.05, 0) is 5.41 Å². The fourth-order valence-corrected chi connectivity index (χ4v) is 0.922. The van der Waals surface area contributed by atoms with E-state index >= 15 is 0 Å². The zero-order valence-corrected chi connectivity index (χ0v) is 7.63. The lowest BCUT2D eigenvalue weighted by atomic mass is 9.89. The number of nitrogens with zero attached hydrogens (tertiary/aromatic N) is 1. The number of carbonyl (C=O) groups excluding carboxylic acids is 1. The highest BCUT2D eigenvalue weighted by molar-refractivity contribution is 5.94. The molecule has 0 unspecified atom stereocenters. The van der Waals surface area contributed by atoms with Gasteiger partial charge in [-0.25, -0.2) is 4.98 Å². The van der Waals surface area contributed by atoms with Gasteiger partial charge in [-0.1, -0.05) is 20.8 Å². The summed E-state index contributed by atoms with van der Waals surface area (Å²) in [4.78, 5) is 15.2. The largest absolute Gasteiger partial charge is 0.451 e. The molecule has 0 saturated heterocycles. The fourth-order valence-electron chi connectivity index (χ4n) is 0.922. The molecule has 66 valence electrons. The summed E-state index contributed by atoms with van der Waals surface area (Å²) in [5.41, 5.74) is 0.431. The highest BCUT2D eigenvalue weighted by Gasteiger charge is 2.18. The third kappa shape index (κ3) is 2.49. The molecule has 0 aliphatic heterocycles. The maximum Gasteiger partial charge on any atom is 0.185 e. The van der Waals surface area contributed by atoms with Gasteiger partial charge in [0.25, 0.3) is 0 Å². The first-order valence-corrected chi connectivity index (χ1v) is 3.90. The zero-order chi connectivity index (χ0) is 9.19. The van der Waals surface area contributed by atoms with E-state index in [4.69, 9.17) is 4.42 Å². The van der Waals surface area contributed by atoms with E-state index in [9.17, 15) is 4.79 Å².